The molecule has 2 aliphatic rings. The van der Waals surface area contributed by atoms with Gasteiger partial charge in [-0.2, -0.15) is 0 Å². The molecule has 1 aliphatic carbocycles. The van der Waals surface area contributed by atoms with E-state index in [0.29, 0.717) is 22.8 Å². The average molecular weight is 440 g/mol. The summed E-state index contributed by atoms with van der Waals surface area (Å²) in [7, 11) is 1.55. The normalized spacial score (nSPS) is 19.7. The zero-order valence-corrected chi connectivity index (χ0v) is 18.1. The van der Waals surface area contributed by atoms with Gasteiger partial charge in [-0.1, -0.05) is 6.42 Å². The van der Waals surface area contributed by atoms with Crippen LogP contribution in [0.25, 0.3) is 5.70 Å². The molecule has 0 spiro atoms. The van der Waals surface area contributed by atoms with Crippen molar-refractivity contribution < 1.29 is 23.0 Å². The summed E-state index contributed by atoms with van der Waals surface area (Å²) in [4.78, 5) is 17.6. The van der Waals surface area contributed by atoms with E-state index in [1.165, 1.54) is 24.3 Å². The van der Waals surface area contributed by atoms with Crippen molar-refractivity contribution in [2.24, 2.45) is 11.6 Å². The van der Waals surface area contributed by atoms with Gasteiger partial charge in [0.15, 0.2) is 0 Å². The summed E-state index contributed by atoms with van der Waals surface area (Å²) in [5, 5.41) is 1.23. The highest BCUT2D eigenvalue weighted by Crippen LogP contribution is 2.28. The molecule has 0 atom stereocenters. The number of halogens is 2. The number of hydrogen-bond donors (Lipinski definition) is 2. The van der Waals surface area contributed by atoms with E-state index >= 15 is 0 Å². The third kappa shape index (κ3) is 5.96. The Morgan fingerprint density at radius 3 is 2.61 bits per heavy atom. The maximum atomic E-state index is 13.3. The van der Waals surface area contributed by atoms with Crippen LogP contribution in [0.1, 0.15) is 49.9 Å². The molecule has 1 aliphatic heterocycles. The molecule has 1 saturated heterocycles. The van der Waals surface area contributed by atoms with Gasteiger partial charge >= 0.3 is 6.09 Å². The fourth-order valence-corrected chi connectivity index (χ4v) is 3.82. The van der Waals surface area contributed by atoms with Gasteiger partial charge < -0.3 is 25.1 Å². The number of nitrogens with zero attached hydrogens (tertiary/aromatic N) is 3. The number of pyridine rings is 1. The molecular weight excluding hydrogens is 408 g/mol. The molecule has 4 N–H and O–H groups in total. The van der Waals surface area contributed by atoms with Crippen LogP contribution < -0.4 is 16.3 Å². The minimum Gasteiger partial charge on any atom is -0.489 e. The van der Waals surface area contributed by atoms with Crippen molar-refractivity contribution in [1.82, 2.24) is 14.9 Å². The fourth-order valence-electron chi connectivity index (χ4n) is 3.82. The van der Waals surface area contributed by atoms with Gasteiger partial charge in [0.2, 0.25) is 0 Å². The number of likely N-dealkylation sites (tertiary alicyclic amines) is 1. The number of rotatable bonds is 6. The first-order valence-corrected chi connectivity index (χ1v) is 10.6. The monoisotopic (exact) mass is 439 g/mol. The summed E-state index contributed by atoms with van der Waals surface area (Å²) in [6, 6.07) is 3.55. The number of aryl methyl sites for hydroxylation is 1. The van der Waals surface area contributed by atoms with Crippen molar-refractivity contribution in [3.63, 3.8) is 0 Å². The lowest BCUT2D eigenvalue weighted by Crippen LogP contribution is -2.35. The number of carbonyl (C=O) groups excluding carboxylic acids is 1. The van der Waals surface area contributed by atoms with E-state index in [-0.39, 0.29) is 31.4 Å². The van der Waals surface area contributed by atoms with Crippen LogP contribution in [0.15, 0.2) is 17.8 Å². The third-order valence-corrected chi connectivity index (χ3v) is 5.66. The largest absolute Gasteiger partial charge is 0.489 e. The molecule has 1 saturated carbocycles. The summed E-state index contributed by atoms with van der Waals surface area (Å²) in [5.74, 6) is 3.70. The highest BCUT2D eigenvalue weighted by Gasteiger charge is 2.41. The quantitative estimate of drug-likeness (QED) is 0.518. The Morgan fingerprint density at radius 2 is 2.03 bits per heavy atom. The van der Waals surface area contributed by atoms with Crippen molar-refractivity contribution in [3.05, 3.63) is 29.2 Å². The molecule has 10 heteroatoms. The van der Waals surface area contributed by atoms with E-state index in [1.807, 2.05) is 13.0 Å². The molecule has 3 rings (SSSR count). The van der Waals surface area contributed by atoms with Gasteiger partial charge in [-0.15, -0.1) is 0 Å². The van der Waals surface area contributed by atoms with Crippen molar-refractivity contribution in [2.75, 3.05) is 26.7 Å². The molecule has 2 fully saturated rings. The molecule has 1 amide bonds. The Bertz CT molecular complexity index is 825. The summed E-state index contributed by atoms with van der Waals surface area (Å²) in [6.45, 7) is 0.874. The van der Waals surface area contributed by atoms with Gasteiger partial charge in [-0.05, 0) is 44.7 Å². The standard InChI is InChI=1S/C21H31F2N5O3/c1-14-18(31-15-6-4-3-5-7-15)9-8-16(26-14)19(24)17(27(2)25)12-30-20(29)28-11-10-21(22,23)13-28/h8-9,15H,3-7,10-13,24-25H2,1-2H3/b19-17-. The summed E-state index contributed by atoms with van der Waals surface area (Å²) in [6.07, 6.45) is 4.68. The maximum absolute atomic E-state index is 13.3. The number of aromatic nitrogens is 1. The van der Waals surface area contributed by atoms with Gasteiger partial charge in [0.05, 0.1) is 35.4 Å². The average Bonchev–Trinajstić information content (AvgIpc) is 3.09. The predicted octanol–water partition coefficient (Wildman–Crippen LogP) is 3.01. The number of likely N-dealkylation sites (N-methyl/N-ethyl adjacent to an activating group) is 1. The topological polar surface area (TPSA) is 107 Å². The lowest BCUT2D eigenvalue weighted by molar-refractivity contribution is 0.0109. The van der Waals surface area contributed by atoms with Crippen molar-refractivity contribution in [2.45, 2.75) is 57.5 Å². The lowest BCUT2D eigenvalue weighted by Gasteiger charge is -2.24. The minimum atomic E-state index is -2.88. The van der Waals surface area contributed by atoms with Crippen LogP contribution in [0.4, 0.5) is 13.6 Å². The maximum Gasteiger partial charge on any atom is 0.410 e. The first kappa shape index (κ1) is 23.1. The summed E-state index contributed by atoms with van der Waals surface area (Å²) < 4.78 is 37.9. The third-order valence-electron chi connectivity index (χ3n) is 5.66. The molecular formula is C21H31F2N5O3. The van der Waals surface area contributed by atoms with Crippen LogP contribution in [0.5, 0.6) is 5.75 Å². The van der Waals surface area contributed by atoms with E-state index in [2.05, 4.69) is 4.98 Å². The van der Waals surface area contributed by atoms with Gasteiger partial charge in [-0.3, -0.25) is 0 Å². The van der Waals surface area contributed by atoms with Gasteiger partial charge in [0.1, 0.15) is 12.4 Å². The first-order valence-electron chi connectivity index (χ1n) is 10.6. The molecule has 1 aromatic heterocycles. The highest BCUT2D eigenvalue weighted by atomic mass is 19.3. The van der Waals surface area contributed by atoms with Crippen LogP contribution in [0, 0.1) is 6.92 Å². The second-order valence-corrected chi connectivity index (χ2v) is 8.21. The van der Waals surface area contributed by atoms with E-state index in [1.54, 1.807) is 13.1 Å². The zero-order valence-electron chi connectivity index (χ0n) is 18.1. The molecule has 31 heavy (non-hydrogen) atoms. The van der Waals surface area contributed by atoms with Crippen molar-refractivity contribution in [3.8, 4) is 5.75 Å². The Morgan fingerprint density at radius 1 is 1.32 bits per heavy atom. The Labute approximate surface area is 181 Å². The van der Waals surface area contributed by atoms with Crippen molar-refractivity contribution >= 4 is 11.8 Å². The smallest absolute Gasteiger partial charge is 0.410 e. The molecule has 0 bridgehead atoms. The van der Waals surface area contributed by atoms with E-state index in [9.17, 15) is 13.6 Å². The molecule has 1 aromatic rings. The molecule has 8 nitrogen and oxygen atoms in total. The molecule has 0 aromatic carbocycles. The van der Waals surface area contributed by atoms with Gasteiger partial charge in [0, 0.05) is 20.0 Å². The minimum absolute atomic E-state index is 0.0535. The summed E-state index contributed by atoms with van der Waals surface area (Å²) >= 11 is 0. The van der Waals surface area contributed by atoms with Crippen molar-refractivity contribution in [1.29, 1.82) is 0 Å². The van der Waals surface area contributed by atoms with Crippen LogP contribution >= 0.6 is 0 Å². The number of carbonyl (C=O) groups is 1. The summed E-state index contributed by atoms with van der Waals surface area (Å²) in [5.41, 5.74) is 7.96. The number of nitrogens with two attached hydrogens (primary N) is 2. The number of hydrogen-bond acceptors (Lipinski definition) is 7. The zero-order chi connectivity index (χ0) is 22.6. The number of ether oxygens (including phenoxy) is 2. The SMILES string of the molecule is Cc1nc(/C(N)=C(\COC(=O)N2CCC(F)(F)C2)N(C)N)ccc1OC1CCCCC1. The molecule has 0 radical (unpaired) electrons. The fraction of sp³-hybridized carbons (Fsp3) is 0.619. The molecule has 172 valence electrons. The molecule has 0 unspecified atom stereocenters. The Kier molecular flexibility index (Phi) is 7.19. The van der Waals surface area contributed by atoms with Crippen LogP contribution in [0.2, 0.25) is 0 Å². The van der Waals surface area contributed by atoms with Crippen LogP contribution in [-0.2, 0) is 4.74 Å². The van der Waals surface area contributed by atoms with E-state index < -0.39 is 18.6 Å². The predicted molar refractivity (Wildman–Crippen MR) is 112 cm³/mol. The Hall–Kier alpha value is -2.62. The number of amides is 1. The second-order valence-electron chi connectivity index (χ2n) is 8.21. The first-order chi connectivity index (χ1) is 14.7. The molecule has 2 heterocycles. The lowest BCUT2D eigenvalue weighted by atomic mass is 9.98. The van der Waals surface area contributed by atoms with Gasteiger partial charge in [0.25, 0.3) is 5.92 Å². The van der Waals surface area contributed by atoms with Crippen LogP contribution in [-0.4, -0.2) is 59.8 Å². The van der Waals surface area contributed by atoms with Crippen LogP contribution in [0.3, 0.4) is 0 Å². The van der Waals surface area contributed by atoms with E-state index in [4.69, 9.17) is 21.1 Å². The van der Waals surface area contributed by atoms with Gasteiger partial charge in [-0.25, -0.2) is 24.4 Å². The number of alkyl halides is 2. The number of hydrazine groups is 1. The highest BCUT2D eigenvalue weighted by molar-refractivity contribution is 5.69. The Balaban J connectivity index is 1.68. The second kappa shape index (κ2) is 9.67. The van der Waals surface area contributed by atoms with E-state index in [0.717, 1.165) is 17.7 Å².